The molecule has 2 N–H and O–H groups in total. The second kappa shape index (κ2) is 8.30. The van der Waals surface area contributed by atoms with E-state index in [0.29, 0.717) is 24.2 Å². The predicted molar refractivity (Wildman–Crippen MR) is 128 cm³/mol. The topological polar surface area (TPSA) is 97.9 Å². The number of aryl methyl sites for hydroxylation is 1. The van der Waals surface area contributed by atoms with Gasteiger partial charge in [-0.1, -0.05) is 19.1 Å². The normalized spacial score (nSPS) is 17.1. The third kappa shape index (κ3) is 3.48. The monoisotopic (exact) mass is 454 g/mol. The first-order valence-corrected chi connectivity index (χ1v) is 11.0. The first kappa shape index (κ1) is 21.6. The molecule has 1 atom stereocenters. The molecule has 0 saturated carbocycles. The highest BCUT2D eigenvalue weighted by molar-refractivity contribution is 6.13. The molecule has 3 heterocycles. The maximum Gasteiger partial charge on any atom is 0.243 e. The Morgan fingerprint density at radius 1 is 1.00 bits per heavy atom. The van der Waals surface area contributed by atoms with Crippen molar-refractivity contribution in [2.75, 3.05) is 10.6 Å². The fraction of sp³-hybridized carbons (Fsp3) is 0.192. The SMILES string of the molecule is CCC1(Cc2cncnc2)C(=O)N(c2cncc(N)n2)c2ccc(-c3ccc(F)c(C)c3)cc21. The number of nitrogens with zero attached hydrogens (tertiary/aromatic N) is 5. The van der Waals surface area contributed by atoms with Gasteiger partial charge in [0.15, 0.2) is 5.82 Å². The van der Waals surface area contributed by atoms with Crippen molar-refractivity contribution in [3.05, 3.63) is 90.0 Å². The number of hydrogen-bond acceptors (Lipinski definition) is 6. The van der Waals surface area contributed by atoms with Crippen LogP contribution in [0, 0.1) is 12.7 Å². The lowest BCUT2D eigenvalue weighted by molar-refractivity contribution is -0.122. The number of aromatic nitrogens is 4. The molecule has 0 spiro atoms. The average molecular weight is 455 g/mol. The molecule has 0 radical (unpaired) electrons. The Kier molecular flexibility index (Phi) is 5.28. The largest absolute Gasteiger partial charge is 0.382 e. The summed E-state index contributed by atoms with van der Waals surface area (Å²) in [4.78, 5) is 32.5. The lowest BCUT2D eigenvalue weighted by Gasteiger charge is -2.27. The van der Waals surface area contributed by atoms with Gasteiger partial charge >= 0.3 is 0 Å². The maximum absolute atomic E-state index is 14.1. The van der Waals surface area contributed by atoms with Crippen molar-refractivity contribution in [3.8, 4) is 11.1 Å². The third-order valence-electron chi connectivity index (χ3n) is 6.45. The summed E-state index contributed by atoms with van der Waals surface area (Å²) in [6.45, 7) is 3.73. The molecular weight excluding hydrogens is 431 g/mol. The second-order valence-electron chi connectivity index (χ2n) is 8.50. The minimum atomic E-state index is -0.864. The number of amides is 1. The van der Waals surface area contributed by atoms with Crippen LogP contribution in [0.5, 0.6) is 0 Å². The van der Waals surface area contributed by atoms with Crippen LogP contribution in [-0.4, -0.2) is 25.8 Å². The Morgan fingerprint density at radius 3 is 2.44 bits per heavy atom. The van der Waals surface area contributed by atoms with E-state index in [1.54, 1.807) is 30.3 Å². The molecule has 1 aliphatic heterocycles. The van der Waals surface area contributed by atoms with Crippen LogP contribution in [-0.2, 0) is 16.6 Å². The van der Waals surface area contributed by atoms with E-state index < -0.39 is 5.41 Å². The number of hydrogen-bond donors (Lipinski definition) is 1. The summed E-state index contributed by atoms with van der Waals surface area (Å²) in [5.74, 6) is 0.242. The van der Waals surface area contributed by atoms with Crippen LogP contribution < -0.4 is 10.6 Å². The molecule has 4 aromatic rings. The fourth-order valence-electron chi connectivity index (χ4n) is 4.67. The van der Waals surface area contributed by atoms with E-state index in [9.17, 15) is 9.18 Å². The van der Waals surface area contributed by atoms with Crippen LogP contribution in [0.3, 0.4) is 0 Å². The minimum absolute atomic E-state index is 0.110. The highest BCUT2D eigenvalue weighted by Gasteiger charge is 2.51. The zero-order valence-electron chi connectivity index (χ0n) is 18.9. The number of fused-ring (bicyclic) bond motifs is 1. The quantitative estimate of drug-likeness (QED) is 0.476. The summed E-state index contributed by atoms with van der Waals surface area (Å²) < 4.78 is 13.9. The molecule has 7 nitrogen and oxygen atoms in total. The van der Waals surface area contributed by atoms with Crippen molar-refractivity contribution in [2.24, 2.45) is 0 Å². The van der Waals surface area contributed by atoms with Gasteiger partial charge in [-0.05, 0) is 71.8 Å². The molecule has 8 heteroatoms. The molecule has 0 aliphatic carbocycles. The standard InChI is InChI=1S/C26H23FN6O/c1-3-26(10-17-11-30-15-31-12-17)20-9-19(18-4-6-21(27)16(2)8-18)5-7-22(20)33(25(26)34)24-14-29-13-23(28)32-24/h4-9,11-15H,3,10H2,1-2H3,(H2,28,32). The zero-order chi connectivity index (χ0) is 23.9. The van der Waals surface area contributed by atoms with Crippen LogP contribution in [0.1, 0.15) is 30.0 Å². The summed E-state index contributed by atoms with van der Waals surface area (Å²) in [6.07, 6.45) is 8.88. The van der Waals surface area contributed by atoms with Crippen LogP contribution >= 0.6 is 0 Å². The highest BCUT2D eigenvalue weighted by atomic mass is 19.1. The lowest BCUT2D eigenvalue weighted by Crippen LogP contribution is -2.40. The molecule has 0 saturated heterocycles. The van der Waals surface area contributed by atoms with E-state index in [1.807, 2.05) is 31.2 Å². The number of benzene rings is 2. The first-order chi connectivity index (χ1) is 16.4. The Morgan fingerprint density at radius 2 is 1.74 bits per heavy atom. The van der Waals surface area contributed by atoms with Crippen molar-refractivity contribution < 1.29 is 9.18 Å². The fourth-order valence-corrected chi connectivity index (χ4v) is 4.67. The van der Waals surface area contributed by atoms with E-state index in [-0.39, 0.29) is 17.5 Å². The Hall–Kier alpha value is -4.20. The van der Waals surface area contributed by atoms with Gasteiger partial charge in [-0.2, -0.15) is 0 Å². The zero-order valence-corrected chi connectivity index (χ0v) is 18.9. The minimum Gasteiger partial charge on any atom is -0.382 e. The Labute approximate surface area is 196 Å². The number of rotatable bonds is 5. The number of halogens is 1. The van der Waals surface area contributed by atoms with Crippen molar-refractivity contribution in [1.29, 1.82) is 0 Å². The highest BCUT2D eigenvalue weighted by Crippen LogP contribution is 2.49. The van der Waals surface area contributed by atoms with Crippen molar-refractivity contribution in [1.82, 2.24) is 19.9 Å². The molecule has 2 aromatic heterocycles. The summed E-state index contributed by atoms with van der Waals surface area (Å²) >= 11 is 0. The second-order valence-corrected chi connectivity index (χ2v) is 8.50. The van der Waals surface area contributed by atoms with Crippen LogP contribution in [0.25, 0.3) is 11.1 Å². The summed E-state index contributed by atoms with van der Waals surface area (Å²) in [6, 6.07) is 10.9. The molecule has 0 bridgehead atoms. The molecule has 0 fully saturated rings. The van der Waals surface area contributed by atoms with Crippen molar-refractivity contribution in [2.45, 2.75) is 32.1 Å². The molecule has 1 aliphatic rings. The van der Waals surface area contributed by atoms with Crippen molar-refractivity contribution >= 4 is 23.2 Å². The molecule has 1 amide bonds. The lowest BCUT2D eigenvalue weighted by atomic mass is 9.74. The van der Waals surface area contributed by atoms with E-state index in [1.165, 1.54) is 24.8 Å². The molecule has 5 rings (SSSR count). The van der Waals surface area contributed by atoms with E-state index in [2.05, 4.69) is 19.9 Å². The van der Waals surface area contributed by atoms with Gasteiger partial charge in [0, 0.05) is 12.4 Å². The molecule has 34 heavy (non-hydrogen) atoms. The Bertz CT molecular complexity index is 1390. The van der Waals surface area contributed by atoms with Gasteiger partial charge in [0.2, 0.25) is 5.91 Å². The first-order valence-electron chi connectivity index (χ1n) is 11.0. The van der Waals surface area contributed by atoms with Gasteiger partial charge in [-0.25, -0.2) is 19.3 Å². The smallest absolute Gasteiger partial charge is 0.243 e. The summed E-state index contributed by atoms with van der Waals surface area (Å²) in [5, 5.41) is 0. The summed E-state index contributed by atoms with van der Waals surface area (Å²) in [7, 11) is 0. The molecule has 1 unspecified atom stereocenters. The molecule has 2 aromatic carbocycles. The number of nitrogen functional groups attached to an aromatic ring is 1. The average Bonchev–Trinajstić information content (AvgIpc) is 3.09. The third-order valence-corrected chi connectivity index (χ3v) is 6.45. The van der Waals surface area contributed by atoms with Crippen LogP contribution in [0.15, 0.2) is 67.5 Å². The number of carbonyl (C=O) groups is 1. The van der Waals surface area contributed by atoms with Gasteiger partial charge in [-0.15, -0.1) is 0 Å². The van der Waals surface area contributed by atoms with Crippen LogP contribution in [0.4, 0.5) is 21.7 Å². The Balaban J connectivity index is 1.71. The van der Waals surface area contributed by atoms with E-state index in [4.69, 9.17) is 5.73 Å². The van der Waals surface area contributed by atoms with Crippen molar-refractivity contribution in [3.63, 3.8) is 0 Å². The molecule has 170 valence electrons. The number of nitrogens with two attached hydrogens (primary N) is 1. The van der Waals surface area contributed by atoms with Gasteiger partial charge in [0.05, 0.1) is 23.5 Å². The molecular formula is C26H23FN6O. The van der Waals surface area contributed by atoms with Gasteiger partial charge in [-0.3, -0.25) is 14.7 Å². The summed E-state index contributed by atoms with van der Waals surface area (Å²) in [5.41, 5.74) is 9.81. The van der Waals surface area contributed by atoms with Gasteiger partial charge < -0.3 is 5.73 Å². The van der Waals surface area contributed by atoms with Gasteiger partial charge in [0.25, 0.3) is 0 Å². The van der Waals surface area contributed by atoms with Gasteiger partial charge in [0.1, 0.15) is 18.0 Å². The number of carbonyl (C=O) groups excluding carboxylic acids is 1. The van der Waals surface area contributed by atoms with E-state index in [0.717, 1.165) is 27.9 Å². The predicted octanol–water partition coefficient (Wildman–Crippen LogP) is 4.53. The van der Waals surface area contributed by atoms with E-state index >= 15 is 0 Å². The maximum atomic E-state index is 14.1. The number of anilines is 3. The van der Waals surface area contributed by atoms with Crippen LogP contribution in [0.2, 0.25) is 0 Å².